The third-order valence-electron chi connectivity index (χ3n) is 3.96. The van der Waals surface area contributed by atoms with E-state index in [1.54, 1.807) is 41.8 Å². The predicted octanol–water partition coefficient (Wildman–Crippen LogP) is 4.23. The van der Waals surface area contributed by atoms with Gasteiger partial charge in [-0.15, -0.1) is 0 Å². The number of amidine groups is 1. The minimum absolute atomic E-state index is 0.258. The number of nitrogens with zero attached hydrogens (tertiary/aromatic N) is 1. The number of nitrogens with one attached hydrogen (secondary N) is 2. The Balaban J connectivity index is 1.93. The molecular formula is C20H19N3O3S2. The van der Waals surface area contributed by atoms with E-state index < -0.39 is 5.97 Å². The van der Waals surface area contributed by atoms with Crippen LogP contribution in [0.2, 0.25) is 0 Å². The monoisotopic (exact) mass is 413 g/mol. The van der Waals surface area contributed by atoms with Crippen molar-refractivity contribution in [2.45, 2.75) is 6.42 Å². The zero-order valence-electron chi connectivity index (χ0n) is 15.4. The predicted molar refractivity (Wildman–Crippen MR) is 114 cm³/mol. The number of hydrogen-bond acceptors (Lipinski definition) is 6. The molecule has 0 bridgehead atoms. The molecule has 0 unspecified atom stereocenters. The summed E-state index contributed by atoms with van der Waals surface area (Å²) in [6.07, 6.45) is 4.18. The van der Waals surface area contributed by atoms with E-state index in [9.17, 15) is 9.59 Å². The first kappa shape index (κ1) is 19.9. The van der Waals surface area contributed by atoms with Gasteiger partial charge in [0.25, 0.3) is 5.91 Å². The molecule has 0 fully saturated rings. The topological polar surface area (TPSA) is 83.6 Å². The zero-order chi connectivity index (χ0) is 19.9. The van der Waals surface area contributed by atoms with E-state index in [0.717, 1.165) is 11.1 Å². The van der Waals surface area contributed by atoms with Crippen LogP contribution in [0, 0.1) is 0 Å². The first-order valence-corrected chi connectivity index (χ1v) is 10.6. The number of aromatic amines is 1. The molecule has 3 aromatic rings. The number of aliphatic imine (C=N–C) groups is 1. The normalized spacial score (nSPS) is 11.3. The lowest BCUT2D eigenvalue weighted by molar-refractivity contribution is 0.0595. The summed E-state index contributed by atoms with van der Waals surface area (Å²) in [6, 6.07) is 10.9. The van der Waals surface area contributed by atoms with Crippen molar-refractivity contribution in [2.75, 3.05) is 13.4 Å². The van der Waals surface area contributed by atoms with Gasteiger partial charge in [-0.2, -0.15) is 11.3 Å². The number of carbonyl (C=O) groups excluding carboxylic acids is 2. The third kappa shape index (κ3) is 4.71. The fourth-order valence-electron chi connectivity index (χ4n) is 2.57. The van der Waals surface area contributed by atoms with E-state index in [2.05, 4.69) is 15.3 Å². The van der Waals surface area contributed by atoms with Crippen LogP contribution in [-0.2, 0) is 11.2 Å². The quantitative estimate of drug-likeness (QED) is 0.372. The number of thioether (sulfide) groups is 1. The van der Waals surface area contributed by atoms with Crippen molar-refractivity contribution in [2.24, 2.45) is 4.99 Å². The van der Waals surface area contributed by atoms with E-state index in [4.69, 9.17) is 4.74 Å². The van der Waals surface area contributed by atoms with Gasteiger partial charge >= 0.3 is 5.97 Å². The van der Waals surface area contributed by atoms with Crippen LogP contribution in [0.1, 0.15) is 32.0 Å². The highest BCUT2D eigenvalue weighted by Gasteiger charge is 2.19. The van der Waals surface area contributed by atoms with Crippen LogP contribution in [0.4, 0.5) is 5.69 Å². The molecule has 0 spiro atoms. The van der Waals surface area contributed by atoms with Crippen molar-refractivity contribution in [3.63, 3.8) is 0 Å². The van der Waals surface area contributed by atoms with Gasteiger partial charge in [0, 0.05) is 23.7 Å². The second-order valence-electron chi connectivity index (χ2n) is 5.78. The summed E-state index contributed by atoms with van der Waals surface area (Å²) in [6.45, 7) is 0. The Morgan fingerprint density at radius 2 is 2.04 bits per heavy atom. The molecule has 2 N–H and O–H groups in total. The summed E-state index contributed by atoms with van der Waals surface area (Å²) in [7, 11) is 1.32. The summed E-state index contributed by atoms with van der Waals surface area (Å²) < 4.78 is 4.86. The summed E-state index contributed by atoms with van der Waals surface area (Å²) in [5, 5.41) is 7.24. The summed E-state index contributed by atoms with van der Waals surface area (Å²) in [5.74, 6) is -0.770. The van der Waals surface area contributed by atoms with Crippen molar-refractivity contribution in [1.82, 2.24) is 10.3 Å². The van der Waals surface area contributed by atoms with Crippen LogP contribution < -0.4 is 5.32 Å². The van der Waals surface area contributed by atoms with Gasteiger partial charge in [0.1, 0.15) is 5.69 Å². The Morgan fingerprint density at radius 1 is 1.25 bits per heavy atom. The molecule has 0 atom stereocenters. The molecular weight excluding hydrogens is 394 g/mol. The van der Waals surface area contributed by atoms with Crippen molar-refractivity contribution in [3.8, 4) is 0 Å². The SMILES string of the molecule is COC(=O)c1[nH]cc(Cc2ccsc2)c1N=C(NC(=O)c1ccccc1)SC. The molecule has 8 heteroatoms. The number of hydrogen-bond donors (Lipinski definition) is 2. The largest absolute Gasteiger partial charge is 0.464 e. The van der Waals surface area contributed by atoms with Gasteiger partial charge in [-0.25, -0.2) is 9.79 Å². The molecule has 1 aromatic carbocycles. The van der Waals surface area contributed by atoms with Gasteiger partial charge in [-0.1, -0.05) is 30.0 Å². The summed E-state index contributed by atoms with van der Waals surface area (Å²) >= 11 is 2.90. The van der Waals surface area contributed by atoms with Crippen LogP contribution in [0.3, 0.4) is 0 Å². The first-order valence-electron chi connectivity index (χ1n) is 8.41. The maximum absolute atomic E-state index is 12.5. The maximum Gasteiger partial charge on any atom is 0.356 e. The highest BCUT2D eigenvalue weighted by Crippen LogP contribution is 2.29. The Kier molecular flexibility index (Phi) is 6.67. The van der Waals surface area contributed by atoms with E-state index >= 15 is 0 Å². The molecule has 0 aliphatic rings. The first-order chi connectivity index (χ1) is 13.6. The highest BCUT2D eigenvalue weighted by molar-refractivity contribution is 8.13. The lowest BCUT2D eigenvalue weighted by Gasteiger charge is -2.08. The fraction of sp³-hybridized carbons (Fsp3) is 0.150. The fourth-order valence-corrected chi connectivity index (χ4v) is 3.62. The third-order valence-corrected chi connectivity index (χ3v) is 5.27. The number of rotatable bonds is 5. The molecule has 1 amide bonds. The zero-order valence-corrected chi connectivity index (χ0v) is 17.0. The minimum Gasteiger partial charge on any atom is -0.464 e. The number of amides is 1. The van der Waals surface area contributed by atoms with Crippen LogP contribution in [0.5, 0.6) is 0 Å². The molecule has 0 aliphatic heterocycles. The van der Waals surface area contributed by atoms with Crippen LogP contribution in [-0.4, -0.2) is 35.4 Å². The van der Waals surface area contributed by atoms with Gasteiger partial charge in [0.05, 0.1) is 7.11 Å². The Bertz CT molecular complexity index is 980. The van der Waals surface area contributed by atoms with Gasteiger partial charge in [0.2, 0.25) is 0 Å². The number of aromatic nitrogens is 1. The molecule has 2 aromatic heterocycles. The number of H-pyrrole nitrogens is 1. The van der Waals surface area contributed by atoms with Crippen molar-refractivity contribution < 1.29 is 14.3 Å². The van der Waals surface area contributed by atoms with E-state index in [1.807, 2.05) is 29.1 Å². The van der Waals surface area contributed by atoms with Gasteiger partial charge < -0.3 is 15.0 Å². The van der Waals surface area contributed by atoms with E-state index in [1.165, 1.54) is 18.9 Å². The van der Waals surface area contributed by atoms with Crippen molar-refractivity contribution in [1.29, 1.82) is 0 Å². The molecule has 6 nitrogen and oxygen atoms in total. The maximum atomic E-state index is 12.5. The summed E-state index contributed by atoms with van der Waals surface area (Å²) in [4.78, 5) is 32.1. The number of thiophene rings is 1. The number of carbonyl (C=O) groups is 2. The molecule has 144 valence electrons. The number of esters is 1. The molecule has 0 saturated heterocycles. The average molecular weight is 414 g/mol. The van der Waals surface area contributed by atoms with Crippen molar-refractivity contribution in [3.05, 3.63) is 75.7 Å². The second kappa shape index (κ2) is 9.38. The van der Waals surface area contributed by atoms with E-state index in [-0.39, 0.29) is 11.6 Å². The van der Waals surface area contributed by atoms with Crippen molar-refractivity contribution >= 4 is 45.8 Å². The Hall–Kier alpha value is -2.84. The number of benzene rings is 1. The highest BCUT2D eigenvalue weighted by atomic mass is 32.2. The Labute approximate surface area is 171 Å². The number of ether oxygens (including phenoxy) is 1. The number of methoxy groups -OCH3 is 1. The molecule has 0 radical (unpaired) electrons. The lowest BCUT2D eigenvalue weighted by atomic mass is 10.1. The average Bonchev–Trinajstić information content (AvgIpc) is 3.38. The second-order valence-corrected chi connectivity index (χ2v) is 7.35. The molecule has 28 heavy (non-hydrogen) atoms. The van der Waals surface area contributed by atoms with E-state index in [0.29, 0.717) is 22.8 Å². The van der Waals surface area contributed by atoms with Crippen LogP contribution >= 0.6 is 23.1 Å². The van der Waals surface area contributed by atoms with Gasteiger partial charge in [-0.05, 0) is 40.8 Å². The van der Waals surface area contributed by atoms with Gasteiger partial charge in [-0.3, -0.25) is 4.79 Å². The minimum atomic E-state index is -0.509. The summed E-state index contributed by atoms with van der Waals surface area (Å²) in [5.41, 5.74) is 3.23. The van der Waals surface area contributed by atoms with Gasteiger partial charge in [0.15, 0.2) is 10.9 Å². The standard InChI is InChI=1S/C20H19N3O3S2/c1-26-19(25)17-16(15(11-21-17)10-13-8-9-28-12-13)22-20(27-2)23-18(24)14-6-4-3-5-7-14/h3-9,11-12,21H,10H2,1-2H3,(H,22,23,24). The smallest absolute Gasteiger partial charge is 0.356 e. The molecule has 3 rings (SSSR count). The molecule has 0 aliphatic carbocycles. The molecule has 0 saturated carbocycles. The van der Waals surface area contributed by atoms with Crippen LogP contribution in [0.15, 0.2) is 58.3 Å². The molecule has 2 heterocycles. The Morgan fingerprint density at radius 3 is 2.68 bits per heavy atom. The lowest BCUT2D eigenvalue weighted by Crippen LogP contribution is -2.28. The van der Waals surface area contributed by atoms with Crippen LogP contribution in [0.25, 0.3) is 0 Å².